The van der Waals surface area contributed by atoms with Gasteiger partial charge in [0, 0.05) is 24.9 Å². The van der Waals surface area contributed by atoms with E-state index in [1.54, 1.807) is 0 Å². The van der Waals surface area contributed by atoms with Crippen LogP contribution >= 0.6 is 7.92 Å². The van der Waals surface area contributed by atoms with Crippen LogP contribution in [-0.4, -0.2) is 26.1 Å². The Bertz CT molecular complexity index is 2110. The third-order valence-corrected chi connectivity index (χ3v) is 10.5. The van der Waals surface area contributed by atoms with Gasteiger partial charge in [0.05, 0.1) is 5.71 Å². The lowest BCUT2D eigenvalue weighted by molar-refractivity contribution is 0.890. The van der Waals surface area contributed by atoms with Crippen LogP contribution in [-0.2, 0) is 6.54 Å². The molecule has 1 N–H and O–H groups in total. The van der Waals surface area contributed by atoms with Crippen molar-refractivity contribution in [3.8, 4) is 11.1 Å². The summed E-state index contributed by atoms with van der Waals surface area (Å²) in [6.07, 6.45) is 6.84. The van der Waals surface area contributed by atoms with Gasteiger partial charge in [0.2, 0.25) is 0 Å². The van der Waals surface area contributed by atoms with Gasteiger partial charge in [0.25, 0.3) is 0 Å². The lowest BCUT2D eigenvalue weighted by atomic mass is 9.85. The fourth-order valence-electron chi connectivity index (χ4n) is 6.30. The molecule has 0 aliphatic heterocycles. The Balaban J connectivity index is 1.49. The van der Waals surface area contributed by atoms with Crippen molar-refractivity contribution in [3.63, 3.8) is 0 Å². The molecule has 0 unspecified atom stereocenters. The monoisotopic (exact) mass is 642 g/mol. The molecule has 3 heteroatoms. The Morgan fingerprint density at radius 2 is 1.23 bits per heavy atom. The maximum Gasteiger partial charge on any atom is 0.0664 e. The lowest BCUT2D eigenvalue weighted by Gasteiger charge is -2.19. The van der Waals surface area contributed by atoms with Gasteiger partial charge in [0.15, 0.2) is 0 Å². The summed E-state index contributed by atoms with van der Waals surface area (Å²) >= 11 is 0. The Morgan fingerprint density at radius 3 is 1.81 bits per heavy atom. The van der Waals surface area contributed by atoms with Gasteiger partial charge in [-0.3, -0.25) is 4.99 Å². The summed E-state index contributed by atoms with van der Waals surface area (Å²) in [5, 5.41) is 10.2. The number of nitrogens with zero attached hydrogens (tertiary/aromatic N) is 1. The number of hydrogen-bond donors (Lipinski definition) is 1. The smallest absolute Gasteiger partial charge is 0.0664 e. The predicted octanol–water partition coefficient (Wildman–Crippen LogP) is 12.0. The van der Waals surface area contributed by atoms with E-state index in [0.29, 0.717) is 0 Å². The van der Waals surface area contributed by atoms with Crippen molar-refractivity contribution >= 4 is 46.4 Å². The van der Waals surface area contributed by atoms with Gasteiger partial charge in [-0.1, -0.05) is 147 Å². The zero-order valence-corrected chi connectivity index (χ0v) is 29.4. The van der Waals surface area contributed by atoms with E-state index in [2.05, 4.69) is 184 Å². The van der Waals surface area contributed by atoms with E-state index in [4.69, 9.17) is 4.99 Å². The van der Waals surface area contributed by atoms with Crippen molar-refractivity contribution in [2.24, 2.45) is 4.99 Å². The molecule has 238 valence electrons. The topological polar surface area (TPSA) is 24.4 Å². The Hall–Kier alpha value is -5.04. The minimum absolute atomic E-state index is 0.167. The molecule has 0 fully saturated rings. The average Bonchev–Trinajstić information content (AvgIpc) is 3.13. The second-order valence-corrected chi connectivity index (χ2v) is 14.7. The van der Waals surface area contributed by atoms with Crippen molar-refractivity contribution in [3.05, 3.63) is 179 Å². The Morgan fingerprint density at radius 1 is 0.667 bits per heavy atom. The molecule has 0 aliphatic carbocycles. The average molecular weight is 643 g/mol. The zero-order chi connectivity index (χ0) is 33.5. The van der Waals surface area contributed by atoms with Crippen molar-refractivity contribution < 1.29 is 0 Å². The van der Waals surface area contributed by atoms with Crippen molar-refractivity contribution in [2.45, 2.75) is 20.4 Å². The van der Waals surface area contributed by atoms with Gasteiger partial charge >= 0.3 is 0 Å². The first-order valence-corrected chi connectivity index (χ1v) is 18.8. The minimum Gasteiger partial charge on any atom is -0.380 e. The highest BCUT2D eigenvalue weighted by Gasteiger charge is 2.18. The van der Waals surface area contributed by atoms with Gasteiger partial charge in [0.1, 0.15) is 0 Å². The highest BCUT2D eigenvalue weighted by atomic mass is 31.1. The van der Waals surface area contributed by atoms with Crippen LogP contribution in [0.5, 0.6) is 0 Å². The van der Waals surface area contributed by atoms with Crippen LogP contribution in [0.1, 0.15) is 36.1 Å². The SMILES string of the molecule is C/C=C(\C=C(/C)P(C)C)c1c2ccccc2c(-c2cccc(C(/C=C(\NCc3ccccc3)c3ccccc3)=NC)c2)c2ccccc12. The number of nitrogens with one attached hydrogen (secondary N) is 1. The first-order valence-electron chi connectivity index (χ1n) is 16.6. The molecule has 6 aromatic carbocycles. The molecule has 0 heterocycles. The Labute approximate surface area is 287 Å². The molecule has 0 amide bonds. The first kappa shape index (κ1) is 32.9. The quantitative estimate of drug-likeness (QED) is 0.0684. The molecule has 0 spiro atoms. The van der Waals surface area contributed by atoms with Gasteiger partial charge in [-0.25, -0.2) is 0 Å². The molecule has 0 bridgehead atoms. The molecular formula is C45H43N2P. The van der Waals surface area contributed by atoms with Gasteiger partial charge in [-0.15, -0.1) is 0 Å². The minimum atomic E-state index is -0.167. The predicted molar refractivity (Wildman–Crippen MR) is 213 cm³/mol. The maximum absolute atomic E-state index is 4.82. The number of hydrogen-bond acceptors (Lipinski definition) is 2. The summed E-state index contributed by atoms with van der Waals surface area (Å²) < 4.78 is 0. The molecule has 6 rings (SSSR count). The third-order valence-electron chi connectivity index (χ3n) is 8.98. The number of rotatable bonds is 10. The standard InChI is InChI=1S/C45H43N2P/c1-6-34(28-32(2)48(4)5)44-38-24-13-15-26-40(38)45(41-27-16-14-25-39(41)44)37-23-17-22-36(29-37)42(46-3)30-43(35-20-11-8-12-21-35)47-31-33-18-9-7-10-19-33/h6-30,47H,31H2,1-5H3/b32-28+,34-6+,43-30-,46-42?. The van der Waals surface area contributed by atoms with E-state index in [-0.39, 0.29) is 7.92 Å². The van der Waals surface area contributed by atoms with Crippen LogP contribution in [0.2, 0.25) is 0 Å². The van der Waals surface area contributed by atoms with Crippen molar-refractivity contribution in [1.82, 2.24) is 5.32 Å². The summed E-state index contributed by atoms with van der Waals surface area (Å²) in [5.74, 6) is 0. The van der Waals surface area contributed by atoms with Crippen LogP contribution in [0.15, 0.2) is 162 Å². The molecule has 2 nitrogen and oxygen atoms in total. The van der Waals surface area contributed by atoms with E-state index in [0.717, 1.165) is 29.1 Å². The summed E-state index contributed by atoms with van der Waals surface area (Å²) in [6, 6.07) is 47.6. The fraction of sp³-hybridized carbons (Fsp3) is 0.133. The normalized spacial score (nSPS) is 13.0. The summed E-state index contributed by atoms with van der Waals surface area (Å²) in [7, 11) is 1.71. The number of fused-ring (bicyclic) bond motifs is 2. The van der Waals surface area contributed by atoms with Gasteiger partial charge < -0.3 is 5.32 Å². The van der Waals surface area contributed by atoms with Crippen LogP contribution < -0.4 is 5.32 Å². The Kier molecular flexibility index (Phi) is 10.4. The van der Waals surface area contributed by atoms with Crippen LogP contribution in [0, 0.1) is 0 Å². The van der Waals surface area contributed by atoms with Gasteiger partial charge in [-0.2, -0.15) is 0 Å². The van der Waals surface area contributed by atoms with E-state index in [1.807, 2.05) is 7.05 Å². The van der Waals surface area contributed by atoms with E-state index >= 15 is 0 Å². The molecule has 48 heavy (non-hydrogen) atoms. The van der Waals surface area contributed by atoms with Crippen LogP contribution in [0.4, 0.5) is 0 Å². The molecule has 0 saturated carbocycles. The van der Waals surface area contributed by atoms with Crippen molar-refractivity contribution in [1.29, 1.82) is 0 Å². The summed E-state index contributed by atoms with van der Waals surface area (Å²) in [6.45, 7) is 9.80. The molecule has 0 aliphatic rings. The molecule has 0 radical (unpaired) electrons. The molecule has 0 aromatic heterocycles. The lowest BCUT2D eigenvalue weighted by Crippen LogP contribution is -2.14. The second kappa shape index (κ2) is 15.2. The molecule has 6 aromatic rings. The summed E-state index contributed by atoms with van der Waals surface area (Å²) in [5.41, 5.74) is 10.4. The largest absolute Gasteiger partial charge is 0.380 e. The number of aliphatic imine (C=N–C) groups is 1. The first-order chi connectivity index (χ1) is 23.5. The van der Waals surface area contributed by atoms with Gasteiger partial charge in [-0.05, 0) is 99.6 Å². The highest BCUT2D eigenvalue weighted by Crippen LogP contribution is 2.44. The number of benzene rings is 6. The second-order valence-electron chi connectivity index (χ2n) is 12.2. The molecule has 0 saturated heterocycles. The van der Waals surface area contributed by atoms with E-state index < -0.39 is 0 Å². The summed E-state index contributed by atoms with van der Waals surface area (Å²) in [4.78, 5) is 4.82. The molecular weight excluding hydrogens is 599 g/mol. The molecule has 0 atom stereocenters. The van der Waals surface area contributed by atoms with E-state index in [9.17, 15) is 0 Å². The van der Waals surface area contributed by atoms with Crippen LogP contribution in [0.3, 0.4) is 0 Å². The highest BCUT2D eigenvalue weighted by molar-refractivity contribution is 7.60. The number of allylic oxidation sites excluding steroid dienone is 5. The fourth-order valence-corrected chi connectivity index (χ4v) is 6.70. The zero-order valence-electron chi connectivity index (χ0n) is 28.5. The van der Waals surface area contributed by atoms with Crippen LogP contribution in [0.25, 0.3) is 43.9 Å². The van der Waals surface area contributed by atoms with Crippen molar-refractivity contribution in [2.75, 3.05) is 20.4 Å². The van der Waals surface area contributed by atoms with E-state index in [1.165, 1.54) is 54.7 Å². The third kappa shape index (κ3) is 7.10. The maximum atomic E-state index is 4.82.